The fourth-order valence-corrected chi connectivity index (χ4v) is 2.30. The molecule has 1 aliphatic heterocycles. The number of Topliss-reactive ketones (excluding diaryl/α,β-unsaturated/α-hetero) is 1. The first-order valence-corrected chi connectivity index (χ1v) is 7.15. The van der Waals surface area contributed by atoms with Gasteiger partial charge in [-0.15, -0.1) is 0 Å². The molecule has 0 aliphatic carbocycles. The van der Waals surface area contributed by atoms with Crippen LogP contribution in [0.3, 0.4) is 0 Å². The molecule has 1 N–H and O–H groups in total. The molecule has 1 atom stereocenters. The highest BCUT2D eigenvalue weighted by Crippen LogP contribution is 2.06. The number of piperazine rings is 1. The second-order valence-corrected chi connectivity index (χ2v) is 5.51. The van der Waals surface area contributed by atoms with Crippen molar-refractivity contribution in [1.82, 2.24) is 15.1 Å². The maximum Gasteiger partial charge on any atom is 0.312 e. The van der Waals surface area contributed by atoms with Gasteiger partial charge in [0.2, 0.25) is 5.91 Å². The van der Waals surface area contributed by atoms with E-state index in [9.17, 15) is 19.2 Å². The summed E-state index contributed by atoms with van der Waals surface area (Å²) in [4.78, 5) is 49.7. The zero-order chi connectivity index (χ0) is 16.2. The van der Waals surface area contributed by atoms with E-state index in [0.29, 0.717) is 19.6 Å². The maximum absolute atomic E-state index is 12.0. The molecule has 0 aromatic rings. The van der Waals surface area contributed by atoms with Crippen LogP contribution in [0.15, 0.2) is 0 Å². The van der Waals surface area contributed by atoms with Gasteiger partial charge < -0.3 is 15.1 Å². The van der Waals surface area contributed by atoms with Crippen molar-refractivity contribution in [2.45, 2.75) is 33.7 Å². The zero-order valence-electron chi connectivity index (χ0n) is 13.0. The topological polar surface area (TPSA) is 86.8 Å². The lowest BCUT2D eigenvalue weighted by molar-refractivity contribution is -0.156. The number of amides is 3. The van der Waals surface area contributed by atoms with E-state index in [1.807, 2.05) is 13.8 Å². The summed E-state index contributed by atoms with van der Waals surface area (Å²) in [7, 11) is 0. The van der Waals surface area contributed by atoms with Crippen molar-refractivity contribution in [2.75, 3.05) is 26.2 Å². The Bertz CT molecular complexity index is 448. The maximum atomic E-state index is 12.0. The van der Waals surface area contributed by atoms with Gasteiger partial charge in [0.05, 0.1) is 6.04 Å². The van der Waals surface area contributed by atoms with Crippen molar-refractivity contribution in [3.05, 3.63) is 0 Å². The number of carbonyl (C=O) groups excluding carboxylic acids is 4. The normalized spacial score (nSPS) is 17.2. The number of ketones is 1. The first kappa shape index (κ1) is 17.1. The number of hydrogen-bond acceptors (Lipinski definition) is 4. The summed E-state index contributed by atoms with van der Waals surface area (Å²) in [5, 5.41) is 2.62. The largest absolute Gasteiger partial charge is 0.345 e. The molecule has 0 radical (unpaired) electrons. The minimum absolute atomic E-state index is 0.0271. The molecule has 118 valence electrons. The Morgan fingerprint density at radius 3 is 2.14 bits per heavy atom. The lowest BCUT2D eigenvalue weighted by atomic mass is 10.0. The van der Waals surface area contributed by atoms with Crippen molar-refractivity contribution >= 4 is 23.5 Å². The van der Waals surface area contributed by atoms with Crippen LogP contribution in [-0.4, -0.2) is 65.5 Å². The molecule has 1 aliphatic rings. The summed E-state index contributed by atoms with van der Waals surface area (Å²) in [5.74, 6) is -1.82. The fraction of sp³-hybridized carbons (Fsp3) is 0.714. The number of nitrogens with one attached hydrogen (secondary N) is 1. The molecule has 0 bridgehead atoms. The van der Waals surface area contributed by atoms with E-state index in [0.717, 1.165) is 0 Å². The van der Waals surface area contributed by atoms with E-state index in [-0.39, 0.29) is 18.2 Å². The number of hydrogen-bond donors (Lipinski definition) is 1. The quantitative estimate of drug-likeness (QED) is 0.664. The molecule has 1 fully saturated rings. The average Bonchev–Trinajstić information content (AvgIpc) is 2.41. The Morgan fingerprint density at radius 2 is 1.67 bits per heavy atom. The monoisotopic (exact) mass is 297 g/mol. The van der Waals surface area contributed by atoms with Crippen LogP contribution < -0.4 is 5.32 Å². The van der Waals surface area contributed by atoms with Crippen molar-refractivity contribution in [3.8, 4) is 0 Å². The number of nitrogens with zero attached hydrogens (tertiary/aromatic N) is 2. The van der Waals surface area contributed by atoms with Crippen LogP contribution in [0.5, 0.6) is 0 Å². The van der Waals surface area contributed by atoms with Crippen LogP contribution in [0.25, 0.3) is 0 Å². The lowest BCUT2D eigenvalue weighted by Gasteiger charge is -2.33. The summed E-state index contributed by atoms with van der Waals surface area (Å²) >= 11 is 0. The molecule has 7 heteroatoms. The van der Waals surface area contributed by atoms with E-state index in [4.69, 9.17) is 0 Å². The minimum Gasteiger partial charge on any atom is -0.345 e. The van der Waals surface area contributed by atoms with Gasteiger partial charge in [0.15, 0.2) is 5.78 Å². The first-order valence-electron chi connectivity index (χ1n) is 7.15. The van der Waals surface area contributed by atoms with E-state index in [1.54, 1.807) is 6.92 Å². The Kier molecular flexibility index (Phi) is 5.87. The van der Waals surface area contributed by atoms with Crippen LogP contribution >= 0.6 is 0 Å². The summed E-state index contributed by atoms with van der Waals surface area (Å²) < 4.78 is 0. The lowest BCUT2D eigenvalue weighted by Crippen LogP contribution is -2.57. The van der Waals surface area contributed by atoms with Crippen LogP contribution in [0, 0.1) is 5.92 Å². The molecule has 0 aromatic heterocycles. The van der Waals surface area contributed by atoms with Gasteiger partial charge >= 0.3 is 11.8 Å². The zero-order valence-corrected chi connectivity index (χ0v) is 13.0. The molecule has 0 aromatic carbocycles. The molecule has 3 amide bonds. The molecule has 0 spiro atoms. The highest BCUT2D eigenvalue weighted by molar-refractivity contribution is 6.35. The van der Waals surface area contributed by atoms with Crippen molar-refractivity contribution in [3.63, 3.8) is 0 Å². The minimum atomic E-state index is -0.665. The van der Waals surface area contributed by atoms with Gasteiger partial charge in [-0.3, -0.25) is 19.2 Å². The van der Waals surface area contributed by atoms with E-state index < -0.39 is 23.8 Å². The summed E-state index contributed by atoms with van der Waals surface area (Å²) in [5.41, 5.74) is 0. The number of carbonyl (C=O) groups is 4. The predicted octanol–water partition coefficient (Wildman–Crippen LogP) is -0.593. The highest BCUT2D eigenvalue weighted by Gasteiger charge is 2.33. The molecule has 1 heterocycles. The van der Waals surface area contributed by atoms with Gasteiger partial charge in [-0.2, -0.15) is 0 Å². The van der Waals surface area contributed by atoms with Gasteiger partial charge in [0, 0.05) is 19.6 Å². The molecule has 7 nitrogen and oxygen atoms in total. The predicted molar refractivity (Wildman–Crippen MR) is 76.3 cm³/mol. The van der Waals surface area contributed by atoms with E-state index in [2.05, 4.69) is 5.32 Å². The van der Waals surface area contributed by atoms with Crippen molar-refractivity contribution in [2.24, 2.45) is 5.92 Å². The van der Waals surface area contributed by atoms with Crippen molar-refractivity contribution in [1.29, 1.82) is 0 Å². The molecule has 1 saturated heterocycles. The summed E-state index contributed by atoms with van der Waals surface area (Å²) in [6.07, 6.45) is 0. The van der Waals surface area contributed by atoms with Gasteiger partial charge in [-0.25, -0.2) is 0 Å². The molecular formula is C14H23N3O4. The fourth-order valence-electron chi connectivity index (χ4n) is 2.30. The number of rotatable bonds is 6. The van der Waals surface area contributed by atoms with Gasteiger partial charge in [-0.1, -0.05) is 13.8 Å². The smallest absolute Gasteiger partial charge is 0.312 e. The van der Waals surface area contributed by atoms with Crippen molar-refractivity contribution < 1.29 is 19.2 Å². The number of likely N-dealkylation sites (N-methyl/N-ethyl adjacent to an activating group) is 1. The van der Waals surface area contributed by atoms with E-state index >= 15 is 0 Å². The van der Waals surface area contributed by atoms with Crippen LogP contribution in [0.1, 0.15) is 27.7 Å². The van der Waals surface area contributed by atoms with E-state index in [1.165, 1.54) is 16.7 Å². The third-order valence-corrected chi connectivity index (χ3v) is 3.53. The van der Waals surface area contributed by atoms with Gasteiger partial charge in [-0.05, 0) is 19.8 Å². The third-order valence-electron chi connectivity index (χ3n) is 3.53. The Balaban J connectivity index is 2.61. The second-order valence-electron chi connectivity index (χ2n) is 5.51. The van der Waals surface area contributed by atoms with Gasteiger partial charge in [0.25, 0.3) is 0 Å². The highest BCUT2D eigenvalue weighted by atomic mass is 16.2. The first-order chi connectivity index (χ1) is 9.77. The standard InChI is InChI=1S/C14H23N3O4/c1-5-16-6-7-17(14(21)13(16)20)8-11(19)15-12(9(2)3)10(4)18/h9,12H,5-8H2,1-4H3,(H,15,19). The van der Waals surface area contributed by atoms with Crippen LogP contribution in [0.4, 0.5) is 0 Å². The Hall–Kier alpha value is -1.92. The Morgan fingerprint density at radius 1 is 1.14 bits per heavy atom. The van der Waals surface area contributed by atoms with Crippen LogP contribution in [0.2, 0.25) is 0 Å². The molecular weight excluding hydrogens is 274 g/mol. The third kappa shape index (κ3) is 4.27. The average molecular weight is 297 g/mol. The summed E-state index contributed by atoms with van der Waals surface area (Å²) in [6.45, 7) is 7.92. The molecule has 1 rings (SSSR count). The van der Waals surface area contributed by atoms with Gasteiger partial charge in [0.1, 0.15) is 6.54 Å². The molecule has 21 heavy (non-hydrogen) atoms. The SMILES string of the molecule is CCN1CCN(CC(=O)NC(C(C)=O)C(C)C)C(=O)C1=O. The Labute approximate surface area is 124 Å². The molecule has 0 saturated carbocycles. The molecule has 1 unspecified atom stereocenters. The second kappa shape index (κ2) is 7.19. The summed E-state index contributed by atoms with van der Waals surface area (Å²) in [6, 6.07) is -0.569. The van der Waals surface area contributed by atoms with Crippen LogP contribution in [-0.2, 0) is 19.2 Å².